The van der Waals surface area contributed by atoms with Gasteiger partial charge in [0.15, 0.2) is 0 Å². The van der Waals surface area contributed by atoms with Crippen LogP contribution in [0.4, 0.5) is 0 Å². The van der Waals surface area contributed by atoms with Crippen LogP contribution in [0.2, 0.25) is 0 Å². The average Bonchev–Trinajstić information content (AvgIpc) is 2.23. The van der Waals surface area contributed by atoms with Gasteiger partial charge in [0.2, 0.25) is 0 Å². The minimum Gasteiger partial charge on any atom is -0.370 e. The standard InChI is InChI=1S/C14H30N2O/c1-6-14(7-2,9-15)11-16-8-12(3)17-13(4,5)10-16/h12H,6-11,15H2,1-5H3. The Kier molecular flexibility index (Phi) is 4.99. The van der Waals surface area contributed by atoms with Crippen molar-refractivity contribution in [2.75, 3.05) is 26.2 Å². The Morgan fingerprint density at radius 2 is 1.94 bits per heavy atom. The fourth-order valence-corrected chi connectivity index (χ4v) is 3.01. The maximum absolute atomic E-state index is 5.99. The Labute approximate surface area is 107 Å². The molecule has 3 nitrogen and oxygen atoms in total. The van der Waals surface area contributed by atoms with E-state index in [1.54, 1.807) is 0 Å². The summed E-state index contributed by atoms with van der Waals surface area (Å²) in [5.74, 6) is 0. The van der Waals surface area contributed by atoms with Crippen LogP contribution in [0.15, 0.2) is 0 Å². The number of hydrogen-bond donors (Lipinski definition) is 1. The molecule has 1 heterocycles. The van der Waals surface area contributed by atoms with Gasteiger partial charge in [-0.1, -0.05) is 13.8 Å². The lowest BCUT2D eigenvalue weighted by Gasteiger charge is -2.45. The summed E-state index contributed by atoms with van der Waals surface area (Å²) in [6, 6.07) is 0. The van der Waals surface area contributed by atoms with Crippen molar-refractivity contribution in [3.8, 4) is 0 Å². The van der Waals surface area contributed by atoms with Crippen molar-refractivity contribution in [3.63, 3.8) is 0 Å². The third kappa shape index (κ3) is 3.94. The molecule has 0 saturated carbocycles. The van der Waals surface area contributed by atoms with Crippen LogP contribution < -0.4 is 5.73 Å². The zero-order valence-electron chi connectivity index (χ0n) is 12.3. The van der Waals surface area contributed by atoms with Crippen LogP contribution in [0.5, 0.6) is 0 Å². The van der Waals surface area contributed by atoms with E-state index >= 15 is 0 Å². The number of rotatable bonds is 5. The highest BCUT2D eigenvalue weighted by atomic mass is 16.5. The van der Waals surface area contributed by atoms with Gasteiger partial charge in [-0.25, -0.2) is 0 Å². The average molecular weight is 242 g/mol. The van der Waals surface area contributed by atoms with Crippen LogP contribution in [0.1, 0.15) is 47.5 Å². The Bertz CT molecular complexity index is 228. The third-order valence-corrected chi connectivity index (χ3v) is 4.13. The first-order valence-electron chi connectivity index (χ1n) is 6.96. The fourth-order valence-electron chi connectivity index (χ4n) is 3.01. The first-order chi connectivity index (χ1) is 7.86. The van der Waals surface area contributed by atoms with E-state index < -0.39 is 0 Å². The van der Waals surface area contributed by atoms with Gasteiger partial charge >= 0.3 is 0 Å². The molecule has 0 amide bonds. The van der Waals surface area contributed by atoms with Gasteiger partial charge in [0.05, 0.1) is 11.7 Å². The van der Waals surface area contributed by atoms with Crippen molar-refractivity contribution in [1.29, 1.82) is 0 Å². The van der Waals surface area contributed by atoms with Crippen LogP contribution in [0.25, 0.3) is 0 Å². The van der Waals surface area contributed by atoms with Crippen LogP contribution in [-0.4, -0.2) is 42.8 Å². The molecule has 0 aromatic rings. The minimum absolute atomic E-state index is 0.0283. The zero-order valence-corrected chi connectivity index (χ0v) is 12.3. The number of ether oxygens (including phenoxy) is 1. The van der Waals surface area contributed by atoms with E-state index in [2.05, 4.69) is 39.5 Å². The van der Waals surface area contributed by atoms with Gasteiger partial charge in [0.25, 0.3) is 0 Å². The lowest BCUT2D eigenvalue weighted by atomic mass is 9.81. The van der Waals surface area contributed by atoms with E-state index in [0.717, 1.165) is 39.0 Å². The molecule has 1 saturated heterocycles. The molecule has 1 rings (SSSR count). The van der Waals surface area contributed by atoms with Gasteiger partial charge < -0.3 is 10.5 Å². The maximum atomic E-state index is 5.99. The van der Waals surface area contributed by atoms with E-state index in [0.29, 0.717) is 6.10 Å². The predicted molar refractivity (Wildman–Crippen MR) is 73.1 cm³/mol. The zero-order chi connectivity index (χ0) is 13.1. The SMILES string of the molecule is CCC(CC)(CN)CN1CC(C)OC(C)(C)C1. The van der Waals surface area contributed by atoms with Crippen LogP contribution in [0, 0.1) is 5.41 Å². The summed E-state index contributed by atoms with van der Waals surface area (Å²) in [6.45, 7) is 15.0. The number of nitrogens with zero attached hydrogens (tertiary/aromatic N) is 1. The molecule has 1 fully saturated rings. The van der Waals surface area contributed by atoms with Crippen molar-refractivity contribution in [1.82, 2.24) is 4.90 Å². The summed E-state index contributed by atoms with van der Waals surface area (Å²) < 4.78 is 5.95. The van der Waals surface area contributed by atoms with Gasteiger partial charge in [-0.15, -0.1) is 0 Å². The van der Waals surface area contributed by atoms with Crippen molar-refractivity contribution in [3.05, 3.63) is 0 Å². The molecule has 0 aromatic carbocycles. The molecule has 17 heavy (non-hydrogen) atoms. The summed E-state index contributed by atoms with van der Waals surface area (Å²) in [7, 11) is 0. The van der Waals surface area contributed by atoms with E-state index in [-0.39, 0.29) is 11.0 Å². The molecule has 1 unspecified atom stereocenters. The Morgan fingerprint density at radius 3 is 2.35 bits per heavy atom. The van der Waals surface area contributed by atoms with E-state index in [9.17, 15) is 0 Å². The van der Waals surface area contributed by atoms with Crippen molar-refractivity contribution < 1.29 is 4.74 Å². The molecule has 0 radical (unpaired) electrons. The van der Waals surface area contributed by atoms with E-state index in [4.69, 9.17) is 10.5 Å². The summed E-state index contributed by atoms with van der Waals surface area (Å²) in [5, 5.41) is 0. The van der Waals surface area contributed by atoms with Crippen LogP contribution in [-0.2, 0) is 4.74 Å². The minimum atomic E-state index is -0.0283. The predicted octanol–water partition coefficient (Wildman–Crippen LogP) is 2.25. The molecular formula is C14H30N2O. The molecule has 1 aliphatic rings. The number of hydrogen-bond acceptors (Lipinski definition) is 3. The van der Waals surface area contributed by atoms with Crippen molar-refractivity contribution in [2.24, 2.45) is 11.1 Å². The molecule has 0 bridgehead atoms. The van der Waals surface area contributed by atoms with Gasteiger partial charge in [-0.3, -0.25) is 4.90 Å². The van der Waals surface area contributed by atoms with Gasteiger partial charge in [-0.2, -0.15) is 0 Å². The lowest BCUT2D eigenvalue weighted by molar-refractivity contribution is -0.135. The normalized spacial score (nSPS) is 26.1. The highest BCUT2D eigenvalue weighted by Gasteiger charge is 2.35. The van der Waals surface area contributed by atoms with Crippen molar-refractivity contribution >= 4 is 0 Å². The molecule has 102 valence electrons. The fraction of sp³-hybridized carbons (Fsp3) is 1.00. The molecule has 0 aromatic heterocycles. The Hall–Kier alpha value is -0.120. The van der Waals surface area contributed by atoms with Gasteiger partial charge in [-0.05, 0) is 45.6 Å². The summed E-state index contributed by atoms with van der Waals surface area (Å²) in [4.78, 5) is 2.54. The highest BCUT2D eigenvalue weighted by molar-refractivity contribution is 4.88. The monoisotopic (exact) mass is 242 g/mol. The third-order valence-electron chi connectivity index (χ3n) is 4.13. The summed E-state index contributed by atoms with van der Waals surface area (Å²) in [5.41, 5.74) is 6.25. The summed E-state index contributed by atoms with van der Waals surface area (Å²) in [6.07, 6.45) is 2.64. The largest absolute Gasteiger partial charge is 0.370 e. The maximum Gasteiger partial charge on any atom is 0.0757 e. The summed E-state index contributed by atoms with van der Waals surface area (Å²) >= 11 is 0. The number of morpholine rings is 1. The second-order valence-electron chi connectivity index (χ2n) is 6.27. The molecule has 1 aliphatic heterocycles. The Morgan fingerprint density at radius 1 is 1.35 bits per heavy atom. The van der Waals surface area contributed by atoms with Gasteiger partial charge in [0, 0.05) is 19.6 Å². The van der Waals surface area contributed by atoms with E-state index in [1.165, 1.54) is 0 Å². The highest BCUT2D eigenvalue weighted by Crippen LogP contribution is 2.29. The van der Waals surface area contributed by atoms with Crippen molar-refractivity contribution in [2.45, 2.75) is 59.2 Å². The van der Waals surface area contributed by atoms with Crippen LogP contribution >= 0.6 is 0 Å². The molecule has 2 N–H and O–H groups in total. The molecule has 3 heteroatoms. The molecule has 0 aliphatic carbocycles. The molecule has 0 spiro atoms. The van der Waals surface area contributed by atoms with E-state index in [1.807, 2.05) is 0 Å². The number of nitrogens with two attached hydrogens (primary N) is 1. The quantitative estimate of drug-likeness (QED) is 0.803. The molecule has 1 atom stereocenters. The molecular weight excluding hydrogens is 212 g/mol. The first kappa shape index (κ1) is 14.9. The first-order valence-corrected chi connectivity index (χ1v) is 6.96. The van der Waals surface area contributed by atoms with Gasteiger partial charge in [0.1, 0.15) is 0 Å². The second-order valence-corrected chi connectivity index (χ2v) is 6.27. The Balaban J connectivity index is 2.66. The smallest absolute Gasteiger partial charge is 0.0757 e. The lowest BCUT2D eigenvalue weighted by Crippen LogP contribution is -2.55. The second kappa shape index (κ2) is 5.68. The van der Waals surface area contributed by atoms with Crippen LogP contribution in [0.3, 0.4) is 0 Å². The topological polar surface area (TPSA) is 38.5 Å².